The van der Waals surface area contributed by atoms with Crippen LogP contribution in [0.1, 0.15) is 10.6 Å². The molecule has 1 aromatic heterocycles. The molecule has 0 aliphatic carbocycles. The standard InChI is InChI=1S/C9H10N6O3S/c1-10-19(17,18)7-5-3-2-4-6(7)11-9(16)8-12-14-15-13-8/h2-5,10H,1H3,(H,11,16)(H,12,13,14,15). The summed E-state index contributed by atoms with van der Waals surface area (Å²) in [6, 6.07) is 5.98. The van der Waals surface area contributed by atoms with Crippen LogP contribution < -0.4 is 10.0 Å². The van der Waals surface area contributed by atoms with Gasteiger partial charge in [-0.2, -0.15) is 5.21 Å². The molecule has 0 saturated heterocycles. The number of H-pyrrole nitrogens is 1. The number of carbonyl (C=O) groups excluding carboxylic acids is 1. The molecular formula is C9H10N6O3S. The monoisotopic (exact) mass is 282 g/mol. The molecule has 100 valence electrons. The minimum absolute atomic E-state index is 0.0469. The van der Waals surface area contributed by atoms with E-state index in [4.69, 9.17) is 0 Å². The number of aromatic amines is 1. The van der Waals surface area contributed by atoms with Crippen LogP contribution in [0.3, 0.4) is 0 Å². The third-order valence-electron chi connectivity index (χ3n) is 2.24. The second kappa shape index (κ2) is 5.12. The van der Waals surface area contributed by atoms with Crippen molar-refractivity contribution in [2.45, 2.75) is 4.90 Å². The number of carbonyl (C=O) groups is 1. The van der Waals surface area contributed by atoms with Crippen molar-refractivity contribution in [3.8, 4) is 0 Å². The van der Waals surface area contributed by atoms with Crippen LogP contribution in [0.2, 0.25) is 0 Å². The van der Waals surface area contributed by atoms with Gasteiger partial charge in [-0.05, 0) is 24.4 Å². The van der Waals surface area contributed by atoms with E-state index in [1.807, 2.05) is 0 Å². The number of aromatic nitrogens is 4. The molecule has 19 heavy (non-hydrogen) atoms. The highest BCUT2D eigenvalue weighted by Crippen LogP contribution is 2.20. The van der Waals surface area contributed by atoms with Gasteiger partial charge in [0.15, 0.2) is 0 Å². The molecule has 1 aromatic carbocycles. The van der Waals surface area contributed by atoms with Gasteiger partial charge in [-0.25, -0.2) is 13.1 Å². The smallest absolute Gasteiger partial charge is 0.297 e. The molecule has 10 heteroatoms. The second-order valence-electron chi connectivity index (χ2n) is 3.39. The van der Waals surface area contributed by atoms with Crippen LogP contribution in [0.15, 0.2) is 29.2 Å². The lowest BCUT2D eigenvalue weighted by Gasteiger charge is -2.09. The minimum atomic E-state index is -3.67. The number of rotatable bonds is 4. The molecule has 0 aliphatic rings. The molecule has 0 atom stereocenters. The average molecular weight is 282 g/mol. The Morgan fingerprint density at radius 2 is 2.05 bits per heavy atom. The van der Waals surface area contributed by atoms with Crippen molar-refractivity contribution < 1.29 is 13.2 Å². The van der Waals surface area contributed by atoms with E-state index < -0.39 is 15.9 Å². The molecular weight excluding hydrogens is 272 g/mol. The van der Waals surface area contributed by atoms with Gasteiger partial charge in [-0.1, -0.05) is 12.1 Å². The topological polar surface area (TPSA) is 130 Å². The zero-order valence-corrected chi connectivity index (χ0v) is 10.6. The van der Waals surface area contributed by atoms with E-state index in [1.165, 1.54) is 19.2 Å². The van der Waals surface area contributed by atoms with Crippen molar-refractivity contribution >= 4 is 21.6 Å². The molecule has 1 amide bonds. The molecule has 0 aliphatic heterocycles. The molecule has 0 bridgehead atoms. The first-order chi connectivity index (χ1) is 9.04. The number of amides is 1. The number of benzene rings is 1. The highest BCUT2D eigenvalue weighted by Gasteiger charge is 2.19. The van der Waals surface area contributed by atoms with Gasteiger partial charge in [0, 0.05) is 0 Å². The number of nitrogens with one attached hydrogen (secondary N) is 3. The van der Waals surface area contributed by atoms with Gasteiger partial charge < -0.3 is 5.32 Å². The number of sulfonamides is 1. The number of para-hydroxylation sites is 1. The van der Waals surface area contributed by atoms with E-state index in [-0.39, 0.29) is 16.4 Å². The summed E-state index contributed by atoms with van der Waals surface area (Å²) >= 11 is 0. The highest BCUT2D eigenvalue weighted by atomic mass is 32.2. The van der Waals surface area contributed by atoms with Gasteiger partial charge in [0.05, 0.1) is 5.69 Å². The summed E-state index contributed by atoms with van der Waals surface area (Å²) in [5.41, 5.74) is 0.131. The molecule has 0 spiro atoms. The molecule has 1 heterocycles. The minimum Gasteiger partial charge on any atom is -0.318 e. The van der Waals surface area contributed by atoms with E-state index >= 15 is 0 Å². The predicted octanol–water partition coefficient (Wildman–Crippen LogP) is -0.640. The quantitative estimate of drug-likeness (QED) is 0.684. The van der Waals surface area contributed by atoms with Gasteiger partial charge in [0.25, 0.3) is 11.7 Å². The Kier molecular flexibility index (Phi) is 3.53. The molecule has 0 radical (unpaired) electrons. The fourth-order valence-corrected chi connectivity index (χ4v) is 2.24. The van der Waals surface area contributed by atoms with Crippen molar-refractivity contribution in [1.29, 1.82) is 0 Å². The molecule has 2 aromatic rings. The van der Waals surface area contributed by atoms with E-state index in [0.717, 1.165) is 0 Å². The predicted molar refractivity (Wildman–Crippen MR) is 64.8 cm³/mol. The Hall–Kier alpha value is -2.33. The zero-order valence-electron chi connectivity index (χ0n) is 9.78. The zero-order chi connectivity index (χ0) is 13.9. The lowest BCUT2D eigenvalue weighted by molar-refractivity contribution is 0.101. The number of hydrogen-bond donors (Lipinski definition) is 3. The Labute approximate surface area is 108 Å². The number of hydrogen-bond acceptors (Lipinski definition) is 6. The molecule has 0 fully saturated rings. The first-order valence-corrected chi connectivity index (χ1v) is 6.60. The Morgan fingerprint density at radius 1 is 1.32 bits per heavy atom. The summed E-state index contributed by atoms with van der Waals surface area (Å²) < 4.78 is 25.7. The highest BCUT2D eigenvalue weighted by molar-refractivity contribution is 7.89. The fourth-order valence-electron chi connectivity index (χ4n) is 1.35. The van der Waals surface area contributed by atoms with E-state index in [1.54, 1.807) is 12.1 Å². The van der Waals surface area contributed by atoms with Crippen molar-refractivity contribution in [2.24, 2.45) is 0 Å². The van der Waals surface area contributed by atoms with E-state index in [0.29, 0.717) is 0 Å². The maximum Gasteiger partial charge on any atom is 0.297 e. The first kappa shape index (κ1) is 13.1. The second-order valence-corrected chi connectivity index (χ2v) is 5.25. The summed E-state index contributed by atoms with van der Waals surface area (Å²) in [5, 5.41) is 14.8. The number of nitrogens with zero attached hydrogens (tertiary/aromatic N) is 3. The summed E-state index contributed by atoms with van der Waals surface area (Å²) in [4.78, 5) is 11.7. The number of anilines is 1. The molecule has 9 nitrogen and oxygen atoms in total. The first-order valence-electron chi connectivity index (χ1n) is 5.12. The summed E-state index contributed by atoms with van der Waals surface area (Å²) in [7, 11) is -2.39. The van der Waals surface area contributed by atoms with Gasteiger partial charge in [0.1, 0.15) is 4.90 Å². The SMILES string of the molecule is CNS(=O)(=O)c1ccccc1NC(=O)c1nn[nH]n1. The van der Waals surface area contributed by atoms with Crippen molar-refractivity contribution in [1.82, 2.24) is 25.3 Å². The number of tetrazole rings is 1. The lowest BCUT2D eigenvalue weighted by atomic mass is 10.3. The van der Waals surface area contributed by atoms with Gasteiger partial charge >= 0.3 is 0 Å². The van der Waals surface area contributed by atoms with Crippen LogP contribution in [-0.2, 0) is 10.0 Å². The van der Waals surface area contributed by atoms with Crippen LogP contribution in [0, 0.1) is 0 Å². The molecule has 0 saturated carbocycles. The summed E-state index contributed by atoms with van der Waals surface area (Å²) in [6.45, 7) is 0. The lowest BCUT2D eigenvalue weighted by Crippen LogP contribution is -2.22. The Balaban J connectivity index is 2.34. The van der Waals surface area contributed by atoms with Crippen LogP contribution in [0.4, 0.5) is 5.69 Å². The van der Waals surface area contributed by atoms with Crippen LogP contribution in [0.25, 0.3) is 0 Å². The normalized spacial score (nSPS) is 11.2. The third kappa shape index (κ3) is 2.74. The maximum atomic E-state index is 11.8. The van der Waals surface area contributed by atoms with Gasteiger partial charge in [0.2, 0.25) is 10.0 Å². The van der Waals surface area contributed by atoms with Crippen molar-refractivity contribution in [3.63, 3.8) is 0 Å². The summed E-state index contributed by atoms with van der Waals surface area (Å²) in [5.74, 6) is -0.843. The van der Waals surface area contributed by atoms with Crippen LogP contribution >= 0.6 is 0 Å². The Morgan fingerprint density at radius 3 is 2.68 bits per heavy atom. The average Bonchev–Trinajstić information content (AvgIpc) is 2.93. The molecule has 3 N–H and O–H groups in total. The largest absolute Gasteiger partial charge is 0.318 e. The van der Waals surface area contributed by atoms with E-state index in [2.05, 4.69) is 30.7 Å². The third-order valence-corrected chi connectivity index (χ3v) is 3.71. The fraction of sp³-hybridized carbons (Fsp3) is 0.111. The molecule has 0 unspecified atom stereocenters. The van der Waals surface area contributed by atoms with Crippen LogP contribution in [-0.4, -0.2) is 42.0 Å². The maximum absolute atomic E-state index is 11.8. The van der Waals surface area contributed by atoms with Crippen LogP contribution in [0.5, 0.6) is 0 Å². The summed E-state index contributed by atoms with van der Waals surface area (Å²) in [6.07, 6.45) is 0. The van der Waals surface area contributed by atoms with Crippen molar-refractivity contribution in [2.75, 3.05) is 12.4 Å². The Bertz CT molecular complexity index is 682. The van der Waals surface area contributed by atoms with Gasteiger partial charge in [-0.15, -0.1) is 10.2 Å². The van der Waals surface area contributed by atoms with Gasteiger partial charge in [-0.3, -0.25) is 4.79 Å². The molecule has 2 rings (SSSR count). The van der Waals surface area contributed by atoms with E-state index in [9.17, 15) is 13.2 Å². The van der Waals surface area contributed by atoms with Crippen molar-refractivity contribution in [3.05, 3.63) is 30.1 Å².